The number of nitrogens with zero attached hydrogens (tertiary/aromatic N) is 6. The number of rotatable bonds is 6. The highest BCUT2D eigenvalue weighted by molar-refractivity contribution is 5.75. The predicted octanol–water partition coefficient (Wildman–Crippen LogP) is 6.70. The summed E-state index contributed by atoms with van der Waals surface area (Å²) in [5.74, 6) is 1.18. The molecule has 0 unspecified atom stereocenters. The number of aromatic nitrogens is 6. The first-order valence-corrected chi connectivity index (χ1v) is 13.4. The van der Waals surface area contributed by atoms with Gasteiger partial charge in [-0.05, 0) is 36.3 Å². The molecule has 1 aliphatic rings. The van der Waals surface area contributed by atoms with E-state index in [2.05, 4.69) is 24.9 Å². The summed E-state index contributed by atoms with van der Waals surface area (Å²) < 4.78 is 44.8. The number of hydrogen-bond acceptors (Lipinski definition) is 4. The minimum Gasteiger partial charge on any atom is -0.333 e. The van der Waals surface area contributed by atoms with Gasteiger partial charge in [0.1, 0.15) is 11.3 Å². The van der Waals surface area contributed by atoms with Gasteiger partial charge >= 0.3 is 6.18 Å². The minimum atomic E-state index is -4.50. The van der Waals surface area contributed by atoms with Crippen molar-refractivity contribution in [2.24, 2.45) is 7.05 Å². The zero-order valence-corrected chi connectivity index (χ0v) is 22.6. The van der Waals surface area contributed by atoms with Crippen LogP contribution in [-0.4, -0.2) is 28.7 Å². The molecule has 5 aromatic rings. The van der Waals surface area contributed by atoms with Crippen LogP contribution in [-0.2, 0) is 19.8 Å². The predicted molar refractivity (Wildman–Crippen MR) is 147 cm³/mol. The summed E-state index contributed by atoms with van der Waals surface area (Å²) in [4.78, 5) is 13.5. The third-order valence-corrected chi connectivity index (χ3v) is 7.73. The maximum atomic E-state index is 13.1. The van der Waals surface area contributed by atoms with E-state index < -0.39 is 11.9 Å². The molecule has 0 spiro atoms. The van der Waals surface area contributed by atoms with Gasteiger partial charge in [0.2, 0.25) is 5.62 Å². The average Bonchev–Trinajstić information content (AvgIpc) is 3.42. The van der Waals surface area contributed by atoms with Gasteiger partial charge in [-0.25, -0.2) is 15.0 Å². The quantitative estimate of drug-likeness (QED) is 0.258. The molecule has 7 nitrogen and oxygen atoms in total. The number of alkyl halides is 3. The zero-order chi connectivity index (χ0) is 28.2. The van der Waals surface area contributed by atoms with Crippen molar-refractivity contribution in [1.29, 1.82) is 5.41 Å². The van der Waals surface area contributed by atoms with Gasteiger partial charge < -0.3 is 9.13 Å². The molecule has 0 saturated heterocycles. The van der Waals surface area contributed by atoms with E-state index in [1.54, 1.807) is 19.2 Å². The summed E-state index contributed by atoms with van der Waals surface area (Å²) in [7, 11) is 1.55. The Morgan fingerprint density at radius 1 is 1.02 bits per heavy atom. The van der Waals surface area contributed by atoms with Crippen LogP contribution < -0.4 is 5.62 Å². The summed E-state index contributed by atoms with van der Waals surface area (Å²) in [5.41, 5.74) is 4.62. The molecular formula is C30H30F3N7. The van der Waals surface area contributed by atoms with Gasteiger partial charge in [-0.2, -0.15) is 13.2 Å². The highest BCUT2D eigenvalue weighted by Crippen LogP contribution is 2.34. The minimum absolute atomic E-state index is 0.246. The van der Waals surface area contributed by atoms with E-state index in [0.717, 1.165) is 47.7 Å². The molecule has 6 rings (SSSR count). The lowest BCUT2D eigenvalue weighted by atomic mass is 9.93. The molecule has 1 saturated carbocycles. The highest BCUT2D eigenvalue weighted by atomic mass is 19.4. The molecular weight excluding hydrogens is 515 g/mol. The van der Waals surface area contributed by atoms with Crippen LogP contribution in [0.4, 0.5) is 13.2 Å². The van der Waals surface area contributed by atoms with Crippen LogP contribution in [0.25, 0.3) is 33.9 Å². The van der Waals surface area contributed by atoms with Crippen molar-refractivity contribution in [3.63, 3.8) is 0 Å². The van der Waals surface area contributed by atoms with E-state index in [9.17, 15) is 13.2 Å². The Balaban J connectivity index is 1.40. The van der Waals surface area contributed by atoms with Gasteiger partial charge in [-0.3, -0.25) is 9.98 Å². The van der Waals surface area contributed by atoms with Crippen LogP contribution in [0.3, 0.4) is 0 Å². The Bertz CT molecular complexity index is 1750. The van der Waals surface area contributed by atoms with Crippen LogP contribution >= 0.6 is 0 Å². The van der Waals surface area contributed by atoms with E-state index in [-0.39, 0.29) is 11.9 Å². The SMILES string of the molecule is CC(C)c1ccccc1-c1ncc2c(n1)n(Cc1ccc(-c3nc(C(F)(F)F)cn3C)cc1)c(=N)n2C1CCC1. The van der Waals surface area contributed by atoms with Crippen molar-refractivity contribution in [2.45, 2.75) is 57.8 Å². The maximum Gasteiger partial charge on any atom is 0.434 e. The Labute approximate surface area is 229 Å². The van der Waals surface area contributed by atoms with Crippen molar-refractivity contribution in [3.8, 4) is 22.8 Å². The molecule has 0 bridgehead atoms. The second-order valence-electron chi connectivity index (χ2n) is 10.8. The molecule has 0 aliphatic heterocycles. The molecule has 1 N–H and O–H groups in total. The Morgan fingerprint density at radius 2 is 1.75 bits per heavy atom. The first-order chi connectivity index (χ1) is 19.1. The first kappa shape index (κ1) is 26.0. The Morgan fingerprint density at radius 3 is 2.38 bits per heavy atom. The third-order valence-electron chi connectivity index (χ3n) is 7.73. The van der Waals surface area contributed by atoms with Gasteiger partial charge in [0, 0.05) is 30.4 Å². The molecule has 0 amide bonds. The summed E-state index contributed by atoms with van der Waals surface area (Å²) >= 11 is 0. The lowest BCUT2D eigenvalue weighted by Crippen LogP contribution is -2.31. The summed E-state index contributed by atoms with van der Waals surface area (Å²) in [6.07, 6.45) is 1.51. The number of benzene rings is 2. The fourth-order valence-corrected chi connectivity index (χ4v) is 5.39. The maximum absolute atomic E-state index is 13.1. The normalized spacial score (nSPS) is 14.3. The van der Waals surface area contributed by atoms with E-state index >= 15 is 0 Å². The number of halogens is 3. The lowest BCUT2D eigenvalue weighted by Gasteiger charge is -2.27. The van der Waals surface area contributed by atoms with Crippen molar-refractivity contribution in [3.05, 3.63) is 83.4 Å². The molecule has 1 fully saturated rings. The van der Waals surface area contributed by atoms with Crippen molar-refractivity contribution >= 4 is 11.2 Å². The number of imidazole rings is 2. The van der Waals surface area contributed by atoms with E-state index in [4.69, 9.17) is 15.4 Å². The molecule has 10 heteroatoms. The van der Waals surface area contributed by atoms with Crippen molar-refractivity contribution in [2.75, 3.05) is 0 Å². The van der Waals surface area contributed by atoms with Crippen LogP contribution in [0, 0.1) is 5.41 Å². The zero-order valence-electron chi connectivity index (χ0n) is 22.6. The molecule has 3 heterocycles. The van der Waals surface area contributed by atoms with E-state index in [0.29, 0.717) is 35.1 Å². The second kappa shape index (κ2) is 9.76. The number of nitrogens with one attached hydrogen (secondary N) is 1. The Kier molecular flexibility index (Phi) is 6.35. The lowest BCUT2D eigenvalue weighted by molar-refractivity contribution is -0.140. The summed E-state index contributed by atoms with van der Waals surface area (Å²) in [6, 6.07) is 15.7. The molecule has 0 atom stereocenters. The largest absolute Gasteiger partial charge is 0.434 e. The summed E-state index contributed by atoms with van der Waals surface area (Å²) in [5, 5.41) is 9.08. The molecule has 40 heavy (non-hydrogen) atoms. The van der Waals surface area contributed by atoms with E-state index in [1.807, 2.05) is 45.7 Å². The molecule has 0 radical (unpaired) electrons. The summed E-state index contributed by atoms with van der Waals surface area (Å²) in [6.45, 7) is 4.68. The first-order valence-electron chi connectivity index (χ1n) is 13.4. The highest BCUT2D eigenvalue weighted by Gasteiger charge is 2.34. The molecule has 2 aromatic carbocycles. The van der Waals surface area contributed by atoms with Crippen LogP contribution in [0.1, 0.15) is 61.9 Å². The van der Waals surface area contributed by atoms with Crippen LogP contribution in [0.15, 0.2) is 60.9 Å². The van der Waals surface area contributed by atoms with E-state index in [1.165, 1.54) is 4.57 Å². The monoisotopic (exact) mass is 545 g/mol. The van der Waals surface area contributed by atoms with Gasteiger partial charge in [-0.15, -0.1) is 0 Å². The van der Waals surface area contributed by atoms with Crippen LogP contribution in [0.2, 0.25) is 0 Å². The number of hydrogen-bond donors (Lipinski definition) is 1. The number of fused-ring (bicyclic) bond motifs is 1. The topological polar surface area (TPSA) is 77.3 Å². The van der Waals surface area contributed by atoms with Gasteiger partial charge in [0.25, 0.3) is 0 Å². The standard InChI is InChI=1S/C30H30F3N7/c1-18(2)22-9-4-5-10-23(22)26-35-15-24-28(37-26)39(29(34)40(24)21-7-6-8-21)16-19-11-13-20(14-12-19)27-36-25(17-38(27)3)30(31,32)33/h4-5,9-15,17-18,21,34H,6-8,16H2,1-3H3. The molecule has 3 aromatic heterocycles. The smallest absolute Gasteiger partial charge is 0.333 e. The second-order valence-corrected chi connectivity index (χ2v) is 10.8. The van der Waals surface area contributed by atoms with Crippen molar-refractivity contribution < 1.29 is 13.2 Å². The molecule has 206 valence electrons. The van der Waals surface area contributed by atoms with Gasteiger partial charge in [0.15, 0.2) is 17.2 Å². The van der Waals surface area contributed by atoms with Gasteiger partial charge in [-0.1, -0.05) is 62.4 Å². The van der Waals surface area contributed by atoms with Crippen LogP contribution in [0.5, 0.6) is 0 Å². The fourth-order valence-electron chi connectivity index (χ4n) is 5.39. The van der Waals surface area contributed by atoms with Crippen molar-refractivity contribution in [1.82, 2.24) is 28.7 Å². The Hall–Kier alpha value is -4.21. The third kappa shape index (κ3) is 4.51. The average molecular weight is 546 g/mol. The molecule has 1 aliphatic carbocycles. The number of aryl methyl sites for hydroxylation is 1. The fraction of sp³-hybridized carbons (Fsp3) is 0.333. The van der Waals surface area contributed by atoms with Gasteiger partial charge in [0.05, 0.1) is 12.7 Å².